The fourth-order valence-corrected chi connectivity index (χ4v) is 6.59. The average Bonchev–Trinajstić information content (AvgIpc) is 3.08. The van der Waals surface area contributed by atoms with Crippen molar-refractivity contribution in [1.82, 2.24) is 0 Å². The van der Waals surface area contributed by atoms with Crippen LogP contribution in [0.15, 0.2) is 84.4 Å². The smallest absolute Gasteiger partial charge is 0.338 e. The van der Waals surface area contributed by atoms with Gasteiger partial charge in [-0.1, -0.05) is 35.9 Å². The SMILES string of the molecule is CC1=CC(OC(=O)c2ccc3c(c2)c2ccccc2[s+]3-c2ccccc2)CCC1. The lowest BCUT2D eigenvalue weighted by atomic mass is 9.99. The molecular formula is C26H23O2S+. The largest absolute Gasteiger partial charge is 0.455 e. The maximum absolute atomic E-state index is 12.8. The van der Waals surface area contributed by atoms with E-state index >= 15 is 0 Å². The van der Waals surface area contributed by atoms with Gasteiger partial charge in [-0.3, -0.25) is 0 Å². The Kier molecular flexibility index (Phi) is 4.69. The van der Waals surface area contributed by atoms with Crippen LogP contribution < -0.4 is 0 Å². The second kappa shape index (κ2) is 7.49. The van der Waals surface area contributed by atoms with E-state index in [4.69, 9.17) is 4.74 Å². The molecule has 0 bridgehead atoms. The summed E-state index contributed by atoms with van der Waals surface area (Å²) < 4.78 is 8.40. The number of allylic oxidation sites excluding steroid dienone is 1. The molecule has 1 aliphatic carbocycles. The minimum absolute atomic E-state index is 0.101. The van der Waals surface area contributed by atoms with Crippen molar-refractivity contribution in [2.24, 2.45) is 0 Å². The van der Waals surface area contributed by atoms with Gasteiger partial charge in [-0.2, -0.15) is 0 Å². The first kappa shape index (κ1) is 18.1. The number of carbonyl (C=O) groups excluding carboxylic acids is 1. The highest BCUT2D eigenvalue weighted by molar-refractivity contribution is 7.50. The summed E-state index contributed by atoms with van der Waals surface area (Å²) in [6.45, 7) is 2.11. The topological polar surface area (TPSA) is 26.3 Å². The average molecular weight is 400 g/mol. The lowest BCUT2D eigenvalue weighted by Crippen LogP contribution is -2.18. The molecule has 0 saturated heterocycles. The van der Waals surface area contributed by atoms with E-state index in [0.717, 1.165) is 24.6 Å². The molecule has 0 spiro atoms. The lowest BCUT2D eigenvalue weighted by molar-refractivity contribution is 0.0367. The first-order valence-electron chi connectivity index (χ1n) is 10.1. The van der Waals surface area contributed by atoms with Gasteiger partial charge in [0.15, 0.2) is 14.3 Å². The van der Waals surface area contributed by atoms with Gasteiger partial charge in [0.25, 0.3) is 0 Å². The Labute approximate surface area is 173 Å². The summed E-state index contributed by atoms with van der Waals surface area (Å²) in [6.07, 6.45) is 5.09. The van der Waals surface area contributed by atoms with E-state index in [1.54, 1.807) is 0 Å². The van der Waals surface area contributed by atoms with E-state index in [1.807, 2.05) is 12.1 Å². The van der Waals surface area contributed by atoms with Crippen LogP contribution in [0.2, 0.25) is 0 Å². The zero-order valence-corrected chi connectivity index (χ0v) is 17.2. The molecule has 3 aromatic carbocycles. The zero-order chi connectivity index (χ0) is 19.8. The highest BCUT2D eigenvalue weighted by Gasteiger charge is 2.25. The summed E-state index contributed by atoms with van der Waals surface area (Å²) in [5, 5.41) is 2.37. The minimum Gasteiger partial charge on any atom is -0.455 e. The molecule has 0 N–H and O–H groups in total. The van der Waals surface area contributed by atoms with Gasteiger partial charge in [0, 0.05) is 21.2 Å². The first-order valence-corrected chi connectivity index (χ1v) is 11.3. The molecule has 2 atom stereocenters. The number of thiophene rings is 1. The van der Waals surface area contributed by atoms with E-state index in [1.165, 1.54) is 25.3 Å². The van der Waals surface area contributed by atoms with Gasteiger partial charge in [0.05, 0.1) is 5.56 Å². The number of carbonyl (C=O) groups is 1. The van der Waals surface area contributed by atoms with Crippen LogP contribution in [0.5, 0.6) is 0 Å². The quantitative estimate of drug-likeness (QED) is 0.204. The summed E-state index contributed by atoms with van der Waals surface area (Å²) in [5.74, 6) is -0.229. The Hall–Kier alpha value is -2.91. The number of rotatable bonds is 3. The van der Waals surface area contributed by atoms with Crippen molar-refractivity contribution in [3.63, 3.8) is 0 Å². The zero-order valence-electron chi connectivity index (χ0n) is 16.4. The molecule has 0 aliphatic heterocycles. The van der Waals surface area contributed by atoms with Gasteiger partial charge in [-0.25, -0.2) is 4.79 Å². The fraction of sp³-hybridized carbons (Fsp3) is 0.192. The normalized spacial score (nSPS) is 17.3. The van der Waals surface area contributed by atoms with Crippen molar-refractivity contribution in [2.75, 3.05) is 0 Å². The third-order valence-corrected chi connectivity index (χ3v) is 7.94. The molecule has 29 heavy (non-hydrogen) atoms. The van der Waals surface area contributed by atoms with Crippen molar-refractivity contribution in [2.45, 2.75) is 32.3 Å². The van der Waals surface area contributed by atoms with Crippen molar-refractivity contribution in [3.05, 3.63) is 90.0 Å². The molecule has 5 rings (SSSR count). The van der Waals surface area contributed by atoms with Crippen LogP contribution in [-0.2, 0) is 4.74 Å². The molecule has 2 unspecified atom stereocenters. The molecule has 2 nitrogen and oxygen atoms in total. The number of benzene rings is 3. The van der Waals surface area contributed by atoms with Gasteiger partial charge in [-0.15, -0.1) is 0 Å². The van der Waals surface area contributed by atoms with E-state index < -0.39 is 0 Å². The third-order valence-electron chi connectivity index (χ3n) is 5.60. The molecule has 4 aromatic rings. The Morgan fingerprint density at radius 2 is 1.69 bits per heavy atom. The van der Waals surface area contributed by atoms with Crippen LogP contribution in [0.3, 0.4) is 0 Å². The maximum Gasteiger partial charge on any atom is 0.338 e. The third kappa shape index (κ3) is 3.36. The molecule has 0 radical (unpaired) electrons. The van der Waals surface area contributed by atoms with Gasteiger partial charge in [-0.05, 0) is 74.7 Å². The molecule has 1 aromatic heterocycles. The number of hydrogen-bond acceptors (Lipinski definition) is 2. The molecule has 3 heteroatoms. The Bertz CT molecular complexity index is 1230. The molecule has 0 fully saturated rings. The van der Waals surface area contributed by atoms with Gasteiger partial charge >= 0.3 is 5.97 Å². The summed E-state index contributed by atoms with van der Waals surface area (Å²) in [4.78, 5) is 14.1. The van der Waals surface area contributed by atoms with Gasteiger partial charge < -0.3 is 4.74 Å². The van der Waals surface area contributed by atoms with Crippen molar-refractivity contribution in [3.8, 4) is 4.90 Å². The van der Waals surface area contributed by atoms with Gasteiger partial charge in [0.2, 0.25) is 0 Å². The highest BCUT2D eigenvalue weighted by Crippen LogP contribution is 2.48. The van der Waals surface area contributed by atoms with Crippen LogP contribution in [0.25, 0.3) is 25.1 Å². The molecule has 0 saturated carbocycles. The predicted octanol–water partition coefficient (Wildman–Crippen LogP) is 7.39. The van der Waals surface area contributed by atoms with Crippen LogP contribution in [0.4, 0.5) is 0 Å². The van der Waals surface area contributed by atoms with Crippen LogP contribution in [-0.4, -0.2) is 12.1 Å². The standard InChI is InChI=1S/C26H23O2S/c1-18-8-7-9-20(16-18)28-26(27)19-14-15-25-23(17-19)22-12-5-6-13-24(22)29(25)21-10-3-2-4-11-21/h2-6,10-17,20H,7-9H2,1H3/q+1. The second-order valence-corrected chi connectivity index (χ2v) is 9.64. The van der Waals surface area contributed by atoms with E-state index in [0.29, 0.717) is 5.56 Å². The lowest BCUT2D eigenvalue weighted by Gasteiger charge is -2.19. The Morgan fingerprint density at radius 3 is 2.52 bits per heavy atom. The molecule has 1 heterocycles. The van der Waals surface area contributed by atoms with E-state index in [9.17, 15) is 4.79 Å². The molecule has 0 amide bonds. The fourth-order valence-electron chi connectivity index (χ4n) is 4.21. The van der Waals surface area contributed by atoms with E-state index in [-0.39, 0.29) is 22.5 Å². The number of hydrogen-bond donors (Lipinski definition) is 0. The summed E-state index contributed by atoms with van der Waals surface area (Å²) in [5.41, 5.74) is 1.94. The van der Waals surface area contributed by atoms with Gasteiger partial charge in [0.1, 0.15) is 6.10 Å². The first-order chi connectivity index (χ1) is 14.2. The number of esters is 1. The monoisotopic (exact) mass is 399 g/mol. The highest BCUT2D eigenvalue weighted by atomic mass is 32.2. The summed E-state index contributed by atoms with van der Waals surface area (Å²) in [7, 11) is -0.135. The second-order valence-electron chi connectivity index (χ2n) is 7.68. The summed E-state index contributed by atoms with van der Waals surface area (Å²) in [6, 6.07) is 25.2. The number of fused-ring (bicyclic) bond motifs is 3. The van der Waals surface area contributed by atoms with Crippen LogP contribution in [0.1, 0.15) is 36.5 Å². The predicted molar refractivity (Wildman–Crippen MR) is 122 cm³/mol. The number of ether oxygens (including phenoxy) is 1. The van der Waals surface area contributed by atoms with E-state index in [2.05, 4.69) is 73.7 Å². The molecule has 144 valence electrons. The molecular weight excluding hydrogens is 376 g/mol. The van der Waals surface area contributed by atoms with Crippen molar-refractivity contribution in [1.29, 1.82) is 0 Å². The Morgan fingerprint density at radius 1 is 0.931 bits per heavy atom. The molecule has 1 aliphatic rings. The minimum atomic E-state index is -0.229. The maximum atomic E-state index is 12.8. The van der Waals surface area contributed by atoms with Crippen molar-refractivity contribution >= 4 is 36.6 Å². The van der Waals surface area contributed by atoms with Crippen LogP contribution in [0, 0.1) is 0 Å². The Balaban J connectivity index is 1.60. The summed E-state index contributed by atoms with van der Waals surface area (Å²) >= 11 is 0. The van der Waals surface area contributed by atoms with Crippen molar-refractivity contribution < 1.29 is 9.53 Å². The van der Waals surface area contributed by atoms with Crippen LogP contribution >= 0.6 is 10.5 Å².